The van der Waals surface area contributed by atoms with Gasteiger partial charge in [-0.25, -0.2) is 0 Å². The predicted molar refractivity (Wildman–Crippen MR) is 132 cm³/mol. The van der Waals surface area contributed by atoms with E-state index in [1.165, 1.54) is 4.90 Å². The van der Waals surface area contributed by atoms with E-state index in [-0.39, 0.29) is 30.8 Å². The van der Waals surface area contributed by atoms with Crippen LogP contribution in [0.1, 0.15) is 33.6 Å². The number of piperidine rings is 1. The van der Waals surface area contributed by atoms with Crippen LogP contribution >= 0.6 is 0 Å². The lowest BCUT2D eigenvalue weighted by molar-refractivity contribution is -0.133. The van der Waals surface area contributed by atoms with Gasteiger partial charge in [0.05, 0.1) is 6.54 Å². The quantitative estimate of drug-likeness (QED) is 0.672. The highest BCUT2D eigenvalue weighted by atomic mass is 16.2. The molecule has 0 aliphatic carbocycles. The Hall–Kier alpha value is -3.88. The van der Waals surface area contributed by atoms with E-state index in [2.05, 4.69) is 10.6 Å². The molecule has 2 aliphatic heterocycles. The molecule has 2 fully saturated rings. The smallest absolute Gasteiger partial charge is 0.254 e. The van der Waals surface area contributed by atoms with Gasteiger partial charge < -0.3 is 25.3 Å². The zero-order valence-electron chi connectivity index (χ0n) is 20.1. The Morgan fingerprint density at radius 3 is 2.29 bits per heavy atom. The van der Waals surface area contributed by atoms with Crippen LogP contribution in [0.25, 0.3) is 0 Å². The number of carbonyl (C=O) groups is 4. The number of hydrogen-bond donors (Lipinski definition) is 2. The minimum absolute atomic E-state index is 0.0510. The van der Waals surface area contributed by atoms with Crippen molar-refractivity contribution in [1.82, 2.24) is 20.4 Å². The van der Waals surface area contributed by atoms with Gasteiger partial charge >= 0.3 is 0 Å². The van der Waals surface area contributed by atoms with E-state index >= 15 is 0 Å². The highest BCUT2D eigenvalue weighted by Gasteiger charge is 2.39. The third-order valence-corrected chi connectivity index (χ3v) is 6.48. The standard InChI is InChI=1S/C26H31N5O4/c1-29(2)20-12-10-19(11-13-20)26(35)31-16-15-30(25(34)18-7-4-3-5-8-18)17-22(31)24(33)28-21-9-6-14-27-23(21)32/h3-5,7-8,10-13,21-22H,6,9,14-17H2,1-2H3,(H,27,32)(H,28,33)/t21-,22+/m1/s1. The molecule has 0 saturated carbocycles. The number of anilines is 1. The Labute approximate surface area is 205 Å². The van der Waals surface area contributed by atoms with E-state index in [1.54, 1.807) is 41.3 Å². The predicted octanol–water partition coefficient (Wildman–Crippen LogP) is 1.11. The summed E-state index contributed by atoms with van der Waals surface area (Å²) in [7, 11) is 3.84. The van der Waals surface area contributed by atoms with Gasteiger partial charge in [0.15, 0.2) is 0 Å². The zero-order chi connectivity index (χ0) is 24.9. The van der Waals surface area contributed by atoms with E-state index in [1.807, 2.05) is 37.2 Å². The molecule has 0 spiro atoms. The minimum Gasteiger partial charge on any atom is -0.378 e. The van der Waals surface area contributed by atoms with Gasteiger partial charge in [0.2, 0.25) is 11.8 Å². The van der Waals surface area contributed by atoms with Crippen molar-refractivity contribution in [3.63, 3.8) is 0 Å². The first-order valence-corrected chi connectivity index (χ1v) is 11.9. The number of rotatable bonds is 5. The molecule has 0 aromatic heterocycles. The van der Waals surface area contributed by atoms with Crippen molar-refractivity contribution in [3.05, 3.63) is 65.7 Å². The second-order valence-corrected chi connectivity index (χ2v) is 9.07. The Morgan fingerprint density at radius 2 is 1.63 bits per heavy atom. The van der Waals surface area contributed by atoms with Gasteiger partial charge in [-0.1, -0.05) is 18.2 Å². The van der Waals surface area contributed by atoms with Crippen molar-refractivity contribution in [1.29, 1.82) is 0 Å². The number of benzene rings is 2. The highest BCUT2D eigenvalue weighted by molar-refractivity contribution is 6.00. The van der Waals surface area contributed by atoms with Crippen molar-refractivity contribution in [2.24, 2.45) is 0 Å². The molecule has 35 heavy (non-hydrogen) atoms. The fraction of sp³-hybridized carbons (Fsp3) is 0.385. The van der Waals surface area contributed by atoms with Crippen molar-refractivity contribution in [2.45, 2.75) is 24.9 Å². The zero-order valence-corrected chi connectivity index (χ0v) is 20.1. The van der Waals surface area contributed by atoms with Gasteiger partial charge in [0.25, 0.3) is 11.8 Å². The fourth-order valence-corrected chi connectivity index (χ4v) is 4.44. The van der Waals surface area contributed by atoms with E-state index in [0.717, 1.165) is 12.1 Å². The molecule has 9 heteroatoms. The molecule has 184 valence electrons. The Kier molecular flexibility index (Phi) is 7.33. The number of amides is 4. The first kappa shape index (κ1) is 24.3. The Bertz CT molecular complexity index is 1090. The molecule has 4 rings (SSSR count). The van der Waals surface area contributed by atoms with E-state index < -0.39 is 18.0 Å². The summed E-state index contributed by atoms with van der Waals surface area (Å²) in [4.78, 5) is 57.2. The maximum absolute atomic E-state index is 13.4. The normalized spacial score (nSPS) is 20.1. The summed E-state index contributed by atoms with van der Waals surface area (Å²) in [6.45, 7) is 1.15. The fourth-order valence-electron chi connectivity index (χ4n) is 4.44. The van der Waals surface area contributed by atoms with E-state index in [4.69, 9.17) is 0 Å². The molecule has 4 amide bonds. The Balaban J connectivity index is 1.56. The lowest BCUT2D eigenvalue weighted by atomic mass is 10.0. The first-order valence-electron chi connectivity index (χ1n) is 11.9. The minimum atomic E-state index is -0.910. The third kappa shape index (κ3) is 5.45. The average molecular weight is 478 g/mol. The molecule has 2 heterocycles. The van der Waals surface area contributed by atoms with Crippen LogP contribution in [-0.4, -0.2) is 85.8 Å². The molecule has 0 unspecified atom stereocenters. The molecule has 2 saturated heterocycles. The second kappa shape index (κ2) is 10.6. The lowest BCUT2D eigenvalue weighted by Gasteiger charge is -2.41. The summed E-state index contributed by atoms with van der Waals surface area (Å²) in [5.74, 6) is -1.14. The Morgan fingerprint density at radius 1 is 0.943 bits per heavy atom. The summed E-state index contributed by atoms with van der Waals surface area (Å²) in [6, 6.07) is 14.5. The van der Waals surface area contributed by atoms with Crippen LogP contribution in [0.5, 0.6) is 0 Å². The van der Waals surface area contributed by atoms with Gasteiger partial charge in [0.1, 0.15) is 12.1 Å². The van der Waals surface area contributed by atoms with Gasteiger partial charge in [0, 0.05) is 50.5 Å². The summed E-state index contributed by atoms with van der Waals surface area (Å²) >= 11 is 0. The van der Waals surface area contributed by atoms with E-state index in [0.29, 0.717) is 30.6 Å². The number of carbonyl (C=O) groups excluding carboxylic acids is 4. The van der Waals surface area contributed by atoms with Gasteiger partial charge in [-0.2, -0.15) is 0 Å². The van der Waals surface area contributed by atoms with Crippen molar-refractivity contribution < 1.29 is 19.2 Å². The van der Waals surface area contributed by atoms with E-state index in [9.17, 15) is 19.2 Å². The van der Waals surface area contributed by atoms with Gasteiger partial charge in [-0.05, 0) is 49.2 Å². The molecule has 2 N–H and O–H groups in total. The van der Waals surface area contributed by atoms with Crippen molar-refractivity contribution >= 4 is 29.3 Å². The van der Waals surface area contributed by atoms with Crippen LogP contribution in [0.4, 0.5) is 5.69 Å². The number of nitrogens with one attached hydrogen (secondary N) is 2. The summed E-state index contributed by atoms with van der Waals surface area (Å²) in [5, 5.41) is 5.57. The van der Waals surface area contributed by atoms with Crippen molar-refractivity contribution in [3.8, 4) is 0 Å². The van der Waals surface area contributed by atoms with Crippen LogP contribution in [0.3, 0.4) is 0 Å². The summed E-state index contributed by atoms with van der Waals surface area (Å²) in [5.41, 5.74) is 1.95. The molecular formula is C26H31N5O4. The number of nitrogens with zero attached hydrogens (tertiary/aromatic N) is 3. The number of piperazine rings is 1. The van der Waals surface area contributed by atoms with Crippen LogP contribution in [0.2, 0.25) is 0 Å². The van der Waals surface area contributed by atoms with Crippen LogP contribution < -0.4 is 15.5 Å². The molecule has 2 aliphatic rings. The highest BCUT2D eigenvalue weighted by Crippen LogP contribution is 2.20. The molecule has 2 atom stereocenters. The maximum atomic E-state index is 13.4. The van der Waals surface area contributed by atoms with Gasteiger partial charge in [-0.15, -0.1) is 0 Å². The largest absolute Gasteiger partial charge is 0.378 e. The van der Waals surface area contributed by atoms with Crippen LogP contribution in [-0.2, 0) is 9.59 Å². The first-order chi connectivity index (χ1) is 16.8. The molecule has 9 nitrogen and oxygen atoms in total. The molecule has 2 aromatic carbocycles. The van der Waals surface area contributed by atoms with Crippen molar-refractivity contribution in [2.75, 3.05) is 45.2 Å². The summed E-state index contributed by atoms with van der Waals surface area (Å²) < 4.78 is 0. The van der Waals surface area contributed by atoms with Gasteiger partial charge in [-0.3, -0.25) is 19.2 Å². The molecule has 2 aromatic rings. The van der Waals surface area contributed by atoms with Crippen LogP contribution in [0, 0.1) is 0 Å². The third-order valence-electron chi connectivity index (χ3n) is 6.48. The summed E-state index contributed by atoms with van der Waals surface area (Å²) in [6.07, 6.45) is 1.30. The molecular weight excluding hydrogens is 446 g/mol. The lowest BCUT2D eigenvalue weighted by Crippen LogP contribution is -2.63. The second-order valence-electron chi connectivity index (χ2n) is 9.07. The molecule has 0 bridgehead atoms. The number of hydrogen-bond acceptors (Lipinski definition) is 5. The maximum Gasteiger partial charge on any atom is 0.254 e. The van der Waals surface area contributed by atoms with Crippen LogP contribution in [0.15, 0.2) is 54.6 Å². The monoisotopic (exact) mass is 477 g/mol. The SMILES string of the molecule is CN(C)c1ccc(C(=O)N2CCN(C(=O)c3ccccc3)C[C@H]2C(=O)N[C@@H]2CCCNC2=O)cc1. The topological polar surface area (TPSA) is 102 Å². The molecule has 0 radical (unpaired) electrons. The average Bonchev–Trinajstić information content (AvgIpc) is 2.89.